The van der Waals surface area contributed by atoms with E-state index in [1.54, 1.807) is 6.07 Å². The van der Waals surface area contributed by atoms with E-state index in [1.165, 1.54) is 64.8 Å². The van der Waals surface area contributed by atoms with Crippen LogP contribution in [0.15, 0.2) is 68.0 Å². The summed E-state index contributed by atoms with van der Waals surface area (Å²) < 4.78 is 81.1. The van der Waals surface area contributed by atoms with E-state index in [0.717, 1.165) is 12.1 Å². The van der Waals surface area contributed by atoms with Crippen molar-refractivity contribution in [1.82, 2.24) is 0 Å². The number of rotatable bonds is 4. The Morgan fingerprint density at radius 1 is 0.545 bits per heavy atom. The number of phenolic OH excluding ortho intramolecular Hbond substituents is 2. The molecule has 0 unspecified atom stereocenters. The second kappa shape index (κ2) is 17.7. The first-order valence-corrected chi connectivity index (χ1v) is 14.3. The molecule has 0 atom stereocenters. The predicted molar refractivity (Wildman–Crippen MR) is 164 cm³/mol. The van der Waals surface area contributed by atoms with Crippen molar-refractivity contribution >= 4 is 47.8 Å². The number of phenols is 2. The van der Waals surface area contributed by atoms with Crippen molar-refractivity contribution in [2.45, 2.75) is 0 Å². The normalized spacial score (nSPS) is 10.6. The van der Waals surface area contributed by atoms with Gasteiger partial charge in [0.15, 0.2) is 46.0 Å². The molecule has 44 heavy (non-hydrogen) atoms. The second-order valence-electron chi connectivity index (χ2n) is 8.00. The zero-order chi connectivity index (χ0) is 33.0. The minimum atomic E-state index is -0.602. The first-order valence-electron chi connectivity index (χ1n) is 11.9. The van der Waals surface area contributed by atoms with Gasteiger partial charge < -0.3 is 38.6 Å². The van der Waals surface area contributed by atoms with E-state index in [2.05, 4.69) is 47.8 Å². The molecule has 4 aromatic carbocycles. The van der Waals surface area contributed by atoms with Crippen LogP contribution in [0.3, 0.4) is 0 Å². The molecule has 0 fully saturated rings. The van der Waals surface area contributed by atoms with Crippen LogP contribution in [0.4, 0.5) is 17.6 Å². The molecule has 0 aromatic heterocycles. The molecule has 1 heterocycles. The van der Waals surface area contributed by atoms with Crippen molar-refractivity contribution in [1.29, 1.82) is 0 Å². The Kier molecular flexibility index (Phi) is 14.7. The number of hydrogen-bond acceptors (Lipinski definition) is 8. The number of fused-ring (bicyclic) bond motifs is 1. The molecule has 5 rings (SSSR count). The Balaban J connectivity index is 0.000000205. The molecule has 4 aromatic rings. The summed E-state index contributed by atoms with van der Waals surface area (Å²) in [4.78, 5) is 0. The molecular formula is C29H25Br3F4O8. The molecule has 2 N–H and O–H groups in total. The Bertz CT molecular complexity index is 1450. The molecule has 0 bridgehead atoms. The maximum Gasteiger partial charge on any atom is 0.231 e. The van der Waals surface area contributed by atoms with Gasteiger partial charge in [-0.05, 0) is 59.9 Å². The molecule has 0 saturated carbocycles. The highest BCUT2D eigenvalue weighted by molar-refractivity contribution is 9.11. The number of ether oxygens (including phenoxy) is 6. The van der Waals surface area contributed by atoms with Crippen molar-refractivity contribution in [3.05, 3.63) is 91.3 Å². The molecule has 0 aliphatic carbocycles. The maximum atomic E-state index is 12.9. The van der Waals surface area contributed by atoms with Crippen LogP contribution in [0.1, 0.15) is 0 Å². The van der Waals surface area contributed by atoms with Crippen LogP contribution >= 0.6 is 47.8 Å². The van der Waals surface area contributed by atoms with Gasteiger partial charge in [0.05, 0.1) is 41.9 Å². The molecule has 1 aliphatic rings. The quantitative estimate of drug-likeness (QED) is 0.156. The fraction of sp³-hybridized carbons (Fsp3) is 0.172. The monoisotopic (exact) mass is 814 g/mol. The summed E-state index contributed by atoms with van der Waals surface area (Å²) in [5.41, 5.74) is 0. The lowest BCUT2D eigenvalue weighted by molar-refractivity contribution is 0.174. The Labute approximate surface area is 275 Å². The number of aromatic hydroxyl groups is 2. The van der Waals surface area contributed by atoms with Crippen LogP contribution in [0.25, 0.3) is 0 Å². The molecule has 0 amide bonds. The minimum absolute atomic E-state index is 0.128. The standard InChI is InChI=1S/C8H8BrFO2.C8H9FO2.C7H4BrFO2.C6H4BrFO2/c1-11-7-3-5(9)6(10)4-8(7)12-2;1-10-7-4-3-6(9)5-8(7)11-2;8-4-1-6-7(2-5(4)9)11-3-10-6;7-3-1-5(9)6(10)2-4(3)8/h3-4H,1-2H3;3-5H,1-2H3;1-2H,3H2;1-2,9-10H. The van der Waals surface area contributed by atoms with Crippen LogP contribution in [-0.4, -0.2) is 45.4 Å². The first kappa shape index (κ1) is 36.6. The van der Waals surface area contributed by atoms with E-state index in [9.17, 15) is 17.6 Å². The van der Waals surface area contributed by atoms with Gasteiger partial charge in [-0.2, -0.15) is 0 Å². The Hall–Kier alpha value is -3.56. The molecular weight excluding hydrogens is 792 g/mol. The van der Waals surface area contributed by atoms with Crippen molar-refractivity contribution in [3.8, 4) is 46.0 Å². The Morgan fingerprint density at radius 3 is 1.55 bits per heavy atom. The first-order chi connectivity index (χ1) is 20.8. The van der Waals surface area contributed by atoms with Gasteiger partial charge in [0.25, 0.3) is 0 Å². The molecule has 8 nitrogen and oxygen atoms in total. The van der Waals surface area contributed by atoms with E-state index in [1.807, 2.05) is 0 Å². The highest BCUT2D eigenvalue weighted by atomic mass is 79.9. The van der Waals surface area contributed by atoms with Crippen LogP contribution < -0.4 is 28.4 Å². The van der Waals surface area contributed by atoms with Gasteiger partial charge in [0.1, 0.15) is 23.3 Å². The van der Waals surface area contributed by atoms with E-state index >= 15 is 0 Å². The van der Waals surface area contributed by atoms with Crippen molar-refractivity contribution in [3.63, 3.8) is 0 Å². The summed E-state index contributed by atoms with van der Waals surface area (Å²) in [7, 11) is 5.94. The third-order valence-electron chi connectivity index (χ3n) is 5.21. The van der Waals surface area contributed by atoms with E-state index in [0.29, 0.717) is 43.4 Å². The van der Waals surface area contributed by atoms with Gasteiger partial charge in [-0.1, -0.05) is 0 Å². The summed E-state index contributed by atoms with van der Waals surface area (Å²) in [5, 5.41) is 17.5. The van der Waals surface area contributed by atoms with E-state index in [4.69, 9.17) is 38.6 Å². The summed E-state index contributed by atoms with van der Waals surface area (Å²) in [6.07, 6.45) is 0. The second-order valence-corrected chi connectivity index (χ2v) is 10.6. The molecule has 15 heteroatoms. The van der Waals surface area contributed by atoms with E-state index < -0.39 is 11.6 Å². The fourth-order valence-corrected chi connectivity index (χ4v) is 4.03. The minimum Gasteiger partial charge on any atom is -0.504 e. The average Bonchev–Trinajstić information content (AvgIpc) is 3.45. The molecule has 0 saturated heterocycles. The smallest absolute Gasteiger partial charge is 0.231 e. The highest BCUT2D eigenvalue weighted by Gasteiger charge is 2.15. The molecule has 0 radical (unpaired) electrons. The average molecular weight is 817 g/mol. The zero-order valence-corrected chi connectivity index (χ0v) is 28.2. The fourth-order valence-electron chi connectivity index (χ4n) is 3.06. The van der Waals surface area contributed by atoms with Gasteiger partial charge in [0.2, 0.25) is 6.79 Å². The zero-order valence-electron chi connectivity index (χ0n) is 23.4. The molecule has 0 spiro atoms. The Morgan fingerprint density at radius 2 is 0.977 bits per heavy atom. The number of methoxy groups -OCH3 is 4. The predicted octanol–water partition coefficient (Wildman–Crippen LogP) is 8.76. The lowest BCUT2D eigenvalue weighted by Gasteiger charge is -2.07. The maximum absolute atomic E-state index is 12.9. The third-order valence-corrected chi connectivity index (χ3v) is 7.03. The van der Waals surface area contributed by atoms with Gasteiger partial charge in [-0.25, -0.2) is 17.6 Å². The van der Waals surface area contributed by atoms with Crippen LogP contribution in [-0.2, 0) is 0 Å². The number of halogens is 7. The lowest BCUT2D eigenvalue weighted by atomic mass is 10.3. The number of hydrogen-bond donors (Lipinski definition) is 2. The van der Waals surface area contributed by atoms with E-state index in [-0.39, 0.29) is 34.5 Å². The topological polar surface area (TPSA) is 95.8 Å². The summed E-state index contributed by atoms with van der Waals surface area (Å²) >= 11 is 8.91. The van der Waals surface area contributed by atoms with Crippen molar-refractivity contribution < 1.29 is 56.2 Å². The molecule has 238 valence electrons. The van der Waals surface area contributed by atoms with Crippen LogP contribution in [0.5, 0.6) is 46.0 Å². The van der Waals surface area contributed by atoms with Gasteiger partial charge in [-0.3, -0.25) is 0 Å². The summed E-state index contributed by atoms with van der Waals surface area (Å²) in [6, 6.07) is 11.7. The van der Waals surface area contributed by atoms with Crippen molar-refractivity contribution in [2.24, 2.45) is 0 Å². The summed E-state index contributed by atoms with van der Waals surface area (Å²) in [6.45, 7) is 0.172. The molecule has 1 aliphatic heterocycles. The number of benzene rings is 4. The van der Waals surface area contributed by atoms with Gasteiger partial charge in [0, 0.05) is 42.5 Å². The van der Waals surface area contributed by atoms with Gasteiger partial charge in [-0.15, -0.1) is 0 Å². The van der Waals surface area contributed by atoms with Crippen molar-refractivity contribution in [2.75, 3.05) is 35.2 Å². The largest absolute Gasteiger partial charge is 0.504 e. The SMILES string of the molecule is COc1cc(F)c(Br)cc1OC.COc1ccc(F)cc1OC.Fc1cc2c(cc1Br)OCO2.Oc1cc(F)c(Br)cc1O. The third kappa shape index (κ3) is 10.6. The van der Waals surface area contributed by atoms with Crippen LogP contribution in [0.2, 0.25) is 0 Å². The highest BCUT2D eigenvalue weighted by Crippen LogP contribution is 2.36. The lowest BCUT2D eigenvalue weighted by Crippen LogP contribution is -1.92. The van der Waals surface area contributed by atoms with Gasteiger partial charge >= 0.3 is 0 Å². The summed E-state index contributed by atoms with van der Waals surface area (Å²) in [5.74, 6) is 0.447. The van der Waals surface area contributed by atoms with Crippen LogP contribution in [0, 0.1) is 23.3 Å².